The highest BCUT2D eigenvalue weighted by Gasteiger charge is 2.37. The lowest BCUT2D eigenvalue weighted by atomic mass is 10.1. The van der Waals surface area contributed by atoms with Crippen molar-refractivity contribution in [3.63, 3.8) is 0 Å². The number of aryl methyl sites for hydroxylation is 1. The molecule has 0 saturated carbocycles. The van der Waals surface area contributed by atoms with Gasteiger partial charge >= 0.3 is 6.03 Å². The molecule has 4 rings (SSSR count). The second-order valence-corrected chi connectivity index (χ2v) is 10.2. The van der Waals surface area contributed by atoms with E-state index in [1.54, 1.807) is 36.4 Å². The van der Waals surface area contributed by atoms with Crippen LogP contribution < -0.4 is 15.0 Å². The number of ether oxygens (including phenoxy) is 1. The molecule has 0 aliphatic carbocycles. The molecule has 1 aliphatic rings. The minimum Gasteiger partial charge on any atom is -0.486 e. The number of hydrogen-bond donors (Lipinski definition) is 1. The van der Waals surface area contributed by atoms with E-state index in [0.29, 0.717) is 21.3 Å². The molecule has 4 amide bonds. The average molecular weight is 629 g/mol. The van der Waals surface area contributed by atoms with Gasteiger partial charge < -0.3 is 4.74 Å². The van der Waals surface area contributed by atoms with Crippen LogP contribution in [0.3, 0.4) is 0 Å². The highest BCUT2D eigenvalue weighted by Crippen LogP contribution is 2.36. The van der Waals surface area contributed by atoms with Crippen LogP contribution in [0.2, 0.25) is 20.1 Å². The van der Waals surface area contributed by atoms with Crippen LogP contribution in [0.4, 0.5) is 10.5 Å². The molecule has 6 nitrogen and oxygen atoms in total. The van der Waals surface area contributed by atoms with Crippen LogP contribution in [0.5, 0.6) is 5.75 Å². The van der Waals surface area contributed by atoms with Crippen LogP contribution in [0.25, 0.3) is 6.08 Å². The lowest BCUT2D eigenvalue weighted by Gasteiger charge is -2.26. The smallest absolute Gasteiger partial charge is 0.335 e. The lowest BCUT2D eigenvalue weighted by Crippen LogP contribution is -2.54. The summed E-state index contributed by atoms with van der Waals surface area (Å²) < 4.78 is 6.57. The molecular weight excluding hydrogens is 614 g/mol. The van der Waals surface area contributed by atoms with Crippen LogP contribution in [0.1, 0.15) is 16.7 Å². The highest BCUT2D eigenvalue weighted by atomic mass is 79.9. The molecule has 184 valence electrons. The third-order valence-electron chi connectivity index (χ3n) is 5.20. The summed E-state index contributed by atoms with van der Waals surface area (Å²) in [5.41, 5.74) is 1.99. The zero-order valence-electron chi connectivity index (χ0n) is 18.4. The van der Waals surface area contributed by atoms with E-state index < -0.39 is 17.8 Å². The van der Waals surface area contributed by atoms with Crippen molar-refractivity contribution in [1.82, 2.24) is 5.32 Å². The van der Waals surface area contributed by atoms with Crippen molar-refractivity contribution in [3.8, 4) is 5.75 Å². The van der Waals surface area contributed by atoms with Crippen LogP contribution >= 0.6 is 62.3 Å². The molecule has 0 spiro atoms. The maximum absolute atomic E-state index is 13.1. The number of halogens is 5. The number of barbiturate groups is 1. The second-order valence-electron chi connectivity index (χ2n) is 7.74. The molecule has 3 aromatic carbocycles. The predicted molar refractivity (Wildman–Crippen MR) is 145 cm³/mol. The summed E-state index contributed by atoms with van der Waals surface area (Å²) in [5.74, 6) is -1.40. The standard InChI is InChI=1S/C25H15BrCl4N2O4/c1-12-6-15(3-4-17(12)26)32-24(34)16(23(33)31-25(32)35)7-14-9-20(29)22(21(30)10-14)36-11-13-2-5-18(27)19(28)8-13/h2-10H,11H2,1H3,(H,31,33,35)/b16-7+. The van der Waals surface area contributed by atoms with E-state index in [1.807, 2.05) is 6.92 Å². The number of nitrogens with zero attached hydrogens (tertiary/aromatic N) is 1. The van der Waals surface area contributed by atoms with E-state index in [-0.39, 0.29) is 28.0 Å². The molecule has 3 aromatic rings. The van der Waals surface area contributed by atoms with E-state index >= 15 is 0 Å². The summed E-state index contributed by atoms with van der Waals surface area (Å²) in [7, 11) is 0. The van der Waals surface area contributed by atoms with E-state index in [9.17, 15) is 14.4 Å². The molecule has 0 bridgehead atoms. The molecule has 1 aliphatic heterocycles. The van der Waals surface area contributed by atoms with Crippen molar-refractivity contribution in [2.45, 2.75) is 13.5 Å². The van der Waals surface area contributed by atoms with Gasteiger partial charge in [-0.25, -0.2) is 9.69 Å². The Balaban J connectivity index is 1.61. The molecule has 1 N–H and O–H groups in total. The van der Waals surface area contributed by atoms with Crippen LogP contribution in [-0.4, -0.2) is 17.8 Å². The van der Waals surface area contributed by atoms with Gasteiger partial charge in [-0.1, -0.05) is 68.4 Å². The van der Waals surface area contributed by atoms with Gasteiger partial charge in [-0.3, -0.25) is 14.9 Å². The zero-order valence-corrected chi connectivity index (χ0v) is 23.0. The molecule has 36 heavy (non-hydrogen) atoms. The normalized spacial score (nSPS) is 14.9. The third-order valence-corrected chi connectivity index (χ3v) is 7.39. The monoisotopic (exact) mass is 626 g/mol. The van der Waals surface area contributed by atoms with Gasteiger partial charge in [-0.15, -0.1) is 0 Å². The Kier molecular flexibility index (Phi) is 7.97. The highest BCUT2D eigenvalue weighted by molar-refractivity contribution is 9.10. The fraction of sp³-hybridized carbons (Fsp3) is 0.0800. The Labute approximate surface area is 234 Å². The van der Waals surface area contributed by atoms with Gasteiger partial charge in [0.25, 0.3) is 11.8 Å². The number of urea groups is 1. The number of carbonyl (C=O) groups is 3. The molecule has 0 radical (unpaired) electrons. The summed E-state index contributed by atoms with van der Waals surface area (Å²) >= 11 is 28.1. The summed E-state index contributed by atoms with van der Waals surface area (Å²) in [6.45, 7) is 1.94. The number of amides is 4. The van der Waals surface area contributed by atoms with Crippen molar-refractivity contribution in [2.75, 3.05) is 4.90 Å². The largest absolute Gasteiger partial charge is 0.486 e. The fourth-order valence-corrected chi connectivity index (χ4v) is 4.59. The van der Waals surface area contributed by atoms with Gasteiger partial charge in [0.1, 0.15) is 12.2 Å². The summed E-state index contributed by atoms with van der Waals surface area (Å²) in [6.07, 6.45) is 1.31. The first-order chi connectivity index (χ1) is 17.0. The number of benzene rings is 3. The van der Waals surface area contributed by atoms with Crippen molar-refractivity contribution >= 4 is 91.9 Å². The zero-order chi connectivity index (χ0) is 26.1. The molecule has 1 fully saturated rings. The molecule has 0 aromatic heterocycles. The molecule has 1 saturated heterocycles. The number of hydrogen-bond acceptors (Lipinski definition) is 4. The van der Waals surface area contributed by atoms with Crippen molar-refractivity contribution in [1.29, 1.82) is 0 Å². The van der Waals surface area contributed by atoms with E-state index in [4.69, 9.17) is 51.1 Å². The predicted octanol–water partition coefficient (Wildman–Crippen LogP) is 7.62. The number of carbonyl (C=O) groups excluding carboxylic acids is 3. The second kappa shape index (κ2) is 10.8. The van der Waals surface area contributed by atoms with Crippen LogP contribution in [0, 0.1) is 6.92 Å². The Morgan fingerprint density at radius 2 is 1.61 bits per heavy atom. The first-order valence-corrected chi connectivity index (χ1v) is 12.6. The summed E-state index contributed by atoms with van der Waals surface area (Å²) in [6, 6.07) is 12.2. The Hall–Kier alpha value is -2.55. The minimum atomic E-state index is -0.842. The lowest BCUT2D eigenvalue weighted by molar-refractivity contribution is -0.122. The van der Waals surface area contributed by atoms with Gasteiger partial charge in [0, 0.05) is 4.47 Å². The number of imide groups is 2. The van der Waals surface area contributed by atoms with Gasteiger partial charge in [0.2, 0.25) is 0 Å². The number of anilines is 1. The SMILES string of the molecule is Cc1cc(N2C(=O)NC(=O)/C(=C\c3cc(Cl)c(OCc4ccc(Cl)c(Cl)c4)c(Cl)c3)C2=O)ccc1Br. The average Bonchev–Trinajstić information content (AvgIpc) is 2.80. The Morgan fingerprint density at radius 1 is 0.917 bits per heavy atom. The van der Waals surface area contributed by atoms with E-state index in [2.05, 4.69) is 21.2 Å². The maximum atomic E-state index is 13.1. The van der Waals surface area contributed by atoms with Crippen molar-refractivity contribution in [3.05, 3.63) is 95.4 Å². The maximum Gasteiger partial charge on any atom is 0.335 e. The molecule has 0 unspecified atom stereocenters. The first kappa shape index (κ1) is 26.5. The van der Waals surface area contributed by atoms with Gasteiger partial charge in [-0.05, 0) is 72.2 Å². The quantitative estimate of drug-likeness (QED) is 0.233. The van der Waals surface area contributed by atoms with Gasteiger partial charge in [0.05, 0.1) is 25.8 Å². The molecule has 0 atom stereocenters. The topological polar surface area (TPSA) is 75.7 Å². The molecular formula is C25H15BrCl4N2O4. The van der Waals surface area contributed by atoms with Gasteiger partial charge in [0.15, 0.2) is 5.75 Å². The molecule has 11 heteroatoms. The summed E-state index contributed by atoms with van der Waals surface area (Å²) in [4.78, 5) is 39.0. The number of rotatable bonds is 5. The van der Waals surface area contributed by atoms with Crippen LogP contribution in [-0.2, 0) is 16.2 Å². The fourth-order valence-electron chi connectivity index (χ4n) is 3.41. The Morgan fingerprint density at radius 3 is 2.25 bits per heavy atom. The van der Waals surface area contributed by atoms with E-state index in [0.717, 1.165) is 20.5 Å². The number of nitrogens with one attached hydrogen (secondary N) is 1. The first-order valence-electron chi connectivity index (χ1n) is 10.3. The molecule has 1 heterocycles. The summed E-state index contributed by atoms with van der Waals surface area (Å²) in [5, 5.41) is 3.32. The van der Waals surface area contributed by atoms with Gasteiger partial charge in [-0.2, -0.15) is 0 Å². The van der Waals surface area contributed by atoms with E-state index in [1.165, 1.54) is 18.2 Å². The van der Waals surface area contributed by atoms with Crippen molar-refractivity contribution in [2.24, 2.45) is 0 Å². The van der Waals surface area contributed by atoms with Crippen molar-refractivity contribution < 1.29 is 19.1 Å². The van der Waals surface area contributed by atoms with Crippen LogP contribution in [0.15, 0.2) is 58.6 Å². The third kappa shape index (κ3) is 5.56. The Bertz CT molecular complexity index is 1430. The minimum absolute atomic E-state index is 0.126.